The van der Waals surface area contributed by atoms with Gasteiger partial charge in [0.15, 0.2) is 0 Å². The highest BCUT2D eigenvalue weighted by Gasteiger charge is 2.25. The molecule has 0 fully saturated rings. The van der Waals surface area contributed by atoms with E-state index < -0.39 is 0 Å². The fourth-order valence-electron chi connectivity index (χ4n) is 2.58. The van der Waals surface area contributed by atoms with E-state index in [1.807, 2.05) is 29.2 Å². The van der Waals surface area contributed by atoms with Gasteiger partial charge in [-0.1, -0.05) is 30.3 Å². The van der Waals surface area contributed by atoms with Gasteiger partial charge in [0.25, 0.3) is 0 Å². The molecule has 0 spiro atoms. The van der Waals surface area contributed by atoms with Crippen molar-refractivity contribution in [2.45, 2.75) is 19.9 Å². The predicted molar refractivity (Wildman–Crippen MR) is 83.0 cm³/mol. The van der Waals surface area contributed by atoms with Crippen LogP contribution in [0.15, 0.2) is 36.4 Å². The number of H-pyrrole nitrogens is 1. The number of hydrogen-bond donors (Lipinski definition) is 1. The number of aromatic amines is 1. The lowest BCUT2D eigenvalue weighted by Gasteiger charge is -2.27. The van der Waals surface area contributed by atoms with Crippen molar-refractivity contribution < 1.29 is 4.79 Å². The molecule has 0 saturated heterocycles. The monoisotopic (exact) mass is 301 g/mol. The number of hydrogen-bond acceptors (Lipinski definition) is 2. The smallest absolute Gasteiger partial charge is 0.249 e. The first-order chi connectivity index (χ1) is 10.1. The van der Waals surface area contributed by atoms with Crippen molar-refractivity contribution in [3.63, 3.8) is 0 Å². The maximum absolute atomic E-state index is 12.1. The quantitative estimate of drug-likeness (QED) is 0.866. The third-order valence-corrected chi connectivity index (χ3v) is 3.96. The van der Waals surface area contributed by atoms with E-state index in [-0.39, 0.29) is 5.91 Å². The summed E-state index contributed by atoms with van der Waals surface area (Å²) in [7, 11) is 0. The first-order valence-electron chi connectivity index (χ1n) is 6.83. The molecular weight excluding hydrogens is 286 g/mol. The Balaban J connectivity index is 1.94. The molecule has 1 amide bonds. The van der Waals surface area contributed by atoms with Crippen LogP contribution >= 0.6 is 11.6 Å². The number of halogens is 1. The highest BCUT2D eigenvalue weighted by Crippen LogP contribution is 2.29. The Hall–Kier alpha value is -2.07. The lowest BCUT2D eigenvalue weighted by molar-refractivity contribution is -0.127. The molecule has 21 heavy (non-hydrogen) atoms. The van der Waals surface area contributed by atoms with E-state index in [1.165, 1.54) is 0 Å². The summed E-state index contributed by atoms with van der Waals surface area (Å²) in [4.78, 5) is 13.9. The number of fused-ring (bicyclic) bond motifs is 1. The molecule has 0 radical (unpaired) electrons. The maximum atomic E-state index is 12.1. The van der Waals surface area contributed by atoms with E-state index >= 15 is 0 Å². The number of benzene rings is 1. The molecule has 0 aliphatic carbocycles. The Morgan fingerprint density at radius 2 is 2.10 bits per heavy atom. The number of carbonyl (C=O) groups excluding carboxylic acids is 1. The van der Waals surface area contributed by atoms with Gasteiger partial charge in [0.05, 0.1) is 5.69 Å². The zero-order valence-electron chi connectivity index (χ0n) is 11.8. The van der Waals surface area contributed by atoms with Crippen LogP contribution in [0.5, 0.6) is 0 Å². The van der Waals surface area contributed by atoms with Gasteiger partial charge in [-0.15, -0.1) is 0 Å². The number of nitrogens with one attached hydrogen (secondary N) is 1. The average molecular weight is 302 g/mol. The molecule has 1 aliphatic rings. The van der Waals surface area contributed by atoms with E-state index in [1.54, 1.807) is 6.92 Å². The molecule has 1 aliphatic heterocycles. The first-order valence-corrected chi connectivity index (χ1v) is 7.21. The third kappa shape index (κ3) is 2.59. The van der Waals surface area contributed by atoms with Crippen LogP contribution < -0.4 is 0 Å². The minimum absolute atomic E-state index is 0.00362. The second kappa shape index (κ2) is 5.37. The summed E-state index contributed by atoms with van der Waals surface area (Å²) in [5, 5.41) is 8.19. The molecule has 0 unspecified atom stereocenters. The van der Waals surface area contributed by atoms with Crippen molar-refractivity contribution in [1.29, 1.82) is 0 Å². The summed E-state index contributed by atoms with van der Waals surface area (Å²) in [6.07, 6.45) is 0.787. The second-order valence-electron chi connectivity index (χ2n) is 5.29. The van der Waals surface area contributed by atoms with Gasteiger partial charge in [-0.3, -0.25) is 9.89 Å². The topological polar surface area (TPSA) is 49.0 Å². The van der Waals surface area contributed by atoms with Crippen LogP contribution in [-0.2, 0) is 17.8 Å². The molecule has 1 N–H and O–H groups in total. The van der Waals surface area contributed by atoms with Gasteiger partial charge < -0.3 is 4.90 Å². The van der Waals surface area contributed by atoms with Crippen LogP contribution in [0.4, 0.5) is 0 Å². The summed E-state index contributed by atoms with van der Waals surface area (Å²) >= 11 is 5.93. The molecule has 5 heteroatoms. The molecule has 1 aromatic carbocycles. The molecule has 2 heterocycles. The van der Waals surface area contributed by atoms with Crippen LogP contribution in [0.3, 0.4) is 0 Å². The van der Waals surface area contributed by atoms with Crippen LogP contribution in [0.25, 0.3) is 11.3 Å². The van der Waals surface area contributed by atoms with Crippen molar-refractivity contribution >= 4 is 17.5 Å². The number of amides is 1. The van der Waals surface area contributed by atoms with Crippen LogP contribution in [0, 0.1) is 0 Å². The van der Waals surface area contributed by atoms with Gasteiger partial charge in [-0.05, 0) is 19.1 Å². The zero-order valence-corrected chi connectivity index (χ0v) is 12.6. The fourth-order valence-corrected chi connectivity index (χ4v) is 2.71. The summed E-state index contributed by atoms with van der Waals surface area (Å²) in [6.45, 7) is 6.74. The molecule has 0 atom stereocenters. The predicted octanol–water partition coefficient (Wildman–Crippen LogP) is 3.19. The van der Waals surface area contributed by atoms with E-state index in [0.717, 1.165) is 28.9 Å². The lowest BCUT2D eigenvalue weighted by atomic mass is 10.0. The van der Waals surface area contributed by atoms with E-state index in [2.05, 4.69) is 16.8 Å². The SMILES string of the molecule is C=C(C)C(=O)N1CCc2[nH]nc(-c3ccc(Cl)cc3)c2C1. The molecule has 1 aromatic heterocycles. The highest BCUT2D eigenvalue weighted by atomic mass is 35.5. The molecule has 108 valence electrons. The van der Waals surface area contributed by atoms with Crippen molar-refractivity contribution in [3.8, 4) is 11.3 Å². The Morgan fingerprint density at radius 3 is 2.76 bits per heavy atom. The van der Waals surface area contributed by atoms with Crippen LogP contribution in [-0.4, -0.2) is 27.5 Å². The fraction of sp³-hybridized carbons (Fsp3) is 0.250. The van der Waals surface area contributed by atoms with Crippen LogP contribution in [0.2, 0.25) is 5.02 Å². The average Bonchev–Trinajstić information content (AvgIpc) is 2.90. The Kier molecular flexibility index (Phi) is 3.55. The van der Waals surface area contributed by atoms with Crippen molar-refractivity contribution in [1.82, 2.24) is 15.1 Å². The maximum Gasteiger partial charge on any atom is 0.249 e. The van der Waals surface area contributed by atoms with Crippen molar-refractivity contribution in [2.24, 2.45) is 0 Å². The zero-order chi connectivity index (χ0) is 15.0. The van der Waals surface area contributed by atoms with Crippen LogP contribution in [0.1, 0.15) is 18.2 Å². The third-order valence-electron chi connectivity index (χ3n) is 3.70. The van der Waals surface area contributed by atoms with Gasteiger partial charge in [0.1, 0.15) is 0 Å². The second-order valence-corrected chi connectivity index (χ2v) is 5.73. The number of nitrogens with zero attached hydrogens (tertiary/aromatic N) is 2. The van der Waals surface area contributed by atoms with Gasteiger partial charge in [-0.25, -0.2) is 0 Å². The van der Waals surface area contributed by atoms with Gasteiger partial charge in [0.2, 0.25) is 5.91 Å². The number of aromatic nitrogens is 2. The molecule has 2 aromatic rings. The van der Waals surface area contributed by atoms with Crippen molar-refractivity contribution in [3.05, 3.63) is 52.7 Å². The van der Waals surface area contributed by atoms with Crippen molar-refractivity contribution in [2.75, 3.05) is 6.54 Å². The Morgan fingerprint density at radius 1 is 1.38 bits per heavy atom. The molecule has 4 nitrogen and oxygen atoms in total. The van der Waals surface area contributed by atoms with E-state index in [0.29, 0.717) is 23.7 Å². The molecular formula is C16H16ClN3O. The van der Waals surface area contributed by atoms with Gasteiger partial charge in [-0.2, -0.15) is 5.10 Å². The van der Waals surface area contributed by atoms with E-state index in [9.17, 15) is 4.79 Å². The lowest BCUT2D eigenvalue weighted by Crippen LogP contribution is -2.36. The van der Waals surface area contributed by atoms with Gasteiger partial charge >= 0.3 is 0 Å². The van der Waals surface area contributed by atoms with E-state index in [4.69, 9.17) is 11.6 Å². The number of rotatable bonds is 2. The normalized spacial score (nSPS) is 13.9. The van der Waals surface area contributed by atoms with Gasteiger partial charge in [0, 0.05) is 46.9 Å². The largest absolute Gasteiger partial charge is 0.334 e. The summed E-state index contributed by atoms with van der Waals surface area (Å²) in [6, 6.07) is 7.58. The molecule has 3 rings (SSSR count). The molecule has 0 saturated carbocycles. The molecule has 0 bridgehead atoms. The minimum atomic E-state index is 0.00362. The Bertz CT molecular complexity index is 703. The highest BCUT2D eigenvalue weighted by molar-refractivity contribution is 6.30. The standard InChI is InChI=1S/C16H16ClN3O/c1-10(2)16(21)20-8-7-14-13(9-20)15(19-18-14)11-3-5-12(17)6-4-11/h3-6H,1,7-9H2,2H3,(H,18,19). The summed E-state index contributed by atoms with van der Waals surface area (Å²) in [5.74, 6) is 0.00362. The summed E-state index contributed by atoms with van der Waals surface area (Å²) < 4.78 is 0. The summed E-state index contributed by atoms with van der Waals surface area (Å²) in [5.41, 5.74) is 4.64. The minimum Gasteiger partial charge on any atom is -0.334 e. The first kappa shape index (κ1) is 13.9. The Labute approximate surface area is 128 Å². The number of carbonyl (C=O) groups is 1.